The van der Waals surface area contributed by atoms with E-state index >= 15 is 0 Å². The van der Waals surface area contributed by atoms with Crippen molar-refractivity contribution < 1.29 is 9.59 Å². The smallest absolute Gasteiger partial charge is 0.238 e. The summed E-state index contributed by atoms with van der Waals surface area (Å²) in [5.41, 5.74) is 3.12. The van der Waals surface area contributed by atoms with Gasteiger partial charge in [0.2, 0.25) is 11.8 Å². The number of amides is 2. The summed E-state index contributed by atoms with van der Waals surface area (Å²) in [6.07, 6.45) is 4.20. The summed E-state index contributed by atoms with van der Waals surface area (Å²) < 4.78 is 0. The number of hydrogen-bond acceptors (Lipinski definition) is 2. The van der Waals surface area contributed by atoms with E-state index in [1.54, 1.807) is 24.3 Å². The molecular weight excluding hydrogens is 298 g/mol. The number of carbonyl (C=O) groups excluding carboxylic acids is 2. The summed E-state index contributed by atoms with van der Waals surface area (Å²) in [5, 5.41) is 0.594. The van der Waals surface area contributed by atoms with E-state index in [0.29, 0.717) is 10.7 Å². The fourth-order valence-electron chi connectivity index (χ4n) is 4.27. The van der Waals surface area contributed by atoms with E-state index < -0.39 is 0 Å². The molecule has 2 fully saturated rings. The molecule has 1 aromatic rings. The minimum Gasteiger partial charge on any atom is -0.274 e. The predicted molar refractivity (Wildman–Crippen MR) is 85.4 cm³/mol. The molecule has 22 heavy (non-hydrogen) atoms. The van der Waals surface area contributed by atoms with Gasteiger partial charge in [0.1, 0.15) is 0 Å². The minimum absolute atomic E-state index is 0.0760. The van der Waals surface area contributed by atoms with Gasteiger partial charge in [-0.15, -0.1) is 0 Å². The maximum Gasteiger partial charge on any atom is 0.238 e. The first kappa shape index (κ1) is 13.8. The van der Waals surface area contributed by atoms with Crippen LogP contribution in [0.25, 0.3) is 0 Å². The lowest BCUT2D eigenvalue weighted by molar-refractivity contribution is -0.122. The van der Waals surface area contributed by atoms with Gasteiger partial charge in [0, 0.05) is 16.9 Å². The van der Waals surface area contributed by atoms with Crippen molar-refractivity contribution in [3.05, 3.63) is 52.6 Å². The highest BCUT2D eigenvalue weighted by molar-refractivity contribution is 6.31. The molecule has 1 aliphatic heterocycles. The van der Waals surface area contributed by atoms with Crippen LogP contribution in [0.2, 0.25) is 5.02 Å². The van der Waals surface area contributed by atoms with Crippen molar-refractivity contribution >= 4 is 29.1 Å². The second-order valence-electron chi connectivity index (χ2n) is 6.43. The van der Waals surface area contributed by atoms with E-state index in [1.807, 2.05) is 0 Å². The van der Waals surface area contributed by atoms with Gasteiger partial charge in [-0.3, -0.25) is 9.59 Å². The van der Waals surface area contributed by atoms with Gasteiger partial charge in [-0.1, -0.05) is 34.9 Å². The highest BCUT2D eigenvalue weighted by atomic mass is 35.5. The lowest BCUT2D eigenvalue weighted by Crippen LogP contribution is -2.33. The standard InChI is InChI=1S/C18H16ClNO2/c1-9(2)14-12-7-8-13(14)16-15(12)17(21)20(18(16)22)11-5-3-10(19)4-6-11/h3-8,12-13,15-16H,1-2H3/t12-,13-,15-,16-/m1/s1. The lowest BCUT2D eigenvalue weighted by atomic mass is 9.85. The van der Waals surface area contributed by atoms with Crippen LogP contribution in [0.1, 0.15) is 13.8 Å². The van der Waals surface area contributed by atoms with Crippen molar-refractivity contribution in [2.75, 3.05) is 4.90 Å². The summed E-state index contributed by atoms with van der Waals surface area (Å²) >= 11 is 5.89. The van der Waals surface area contributed by atoms with Crippen LogP contribution < -0.4 is 4.90 Å². The number of benzene rings is 1. The van der Waals surface area contributed by atoms with Crippen molar-refractivity contribution in [1.29, 1.82) is 0 Å². The molecule has 1 heterocycles. The molecule has 2 aliphatic carbocycles. The molecule has 0 spiro atoms. The number of rotatable bonds is 1. The SMILES string of the molecule is CC(C)=C1[C@H]2C=C[C@H]1[C@H]1C(=O)N(c3ccc(Cl)cc3)C(=O)[C@@H]12. The Hall–Kier alpha value is -1.87. The summed E-state index contributed by atoms with van der Waals surface area (Å²) in [5.74, 6) is -0.436. The zero-order valence-electron chi connectivity index (χ0n) is 12.4. The van der Waals surface area contributed by atoms with Crippen molar-refractivity contribution in [3.63, 3.8) is 0 Å². The average Bonchev–Trinajstić information content (AvgIpc) is 3.11. The number of hydrogen-bond donors (Lipinski definition) is 0. The van der Waals surface area contributed by atoms with Gasteiger partial charge in [0.15, 0.2) is 0 Å². The third kappa shape index (κ3) is 1.63. The highest BCUT2D eigenvalue weighted by Gasteiger charge is 2.61. The molecule has 4 rings (SSSR count). The Morgan fingerprint density at radius 1 is 0.955 bits per heavy atom. The second-order valence-corrected chi connectivity index (χ2v) is 6.87. The molecule has 4 atom stereocenters. The number of anilines is 1. The Bertz CT molecular complexity index is 709. The number of allylic oxidation sites excluding steroid dienone is 4. The Balaban J connectivity index is 1.76. The van der Waals surface area contributed by atoms with Crippen LogP contribution in [0.5, 0.6) is 0 Å². The Labute approximate surface area is 134 Å². The summed E-state index contributed by atoms with van der Waals surface area (Å²) in [6.45, 7) is 4.13. The molecule has 3 aliphatic rings. The molecule has 2 bridgehead atoms. The molecule has 0 N–H and O–H groups in total. The number of halogens is 1. The van der Waals surface area contributed by atoms with E-state index in [-0.39, 0.29) is 35.5 Å². The fraction of sp³-hybridized carbons (Fsp3) is 0.333. The lowest BCUT2D eigenvalue weighted by Gasteiger charge is -2.19. The van der Waals surface area contributed by atoms with E-state index in [4.69, 9.17) is 11.6 Å². The second kappa shape index (κ2) is 4.56. The van der Waals surface area contributed by atoms with Crippen molar-refractivity contribution in [3.8, 4) is 0 Å². The number of carbonyl (C=O) groups is 2. The Kier molecular flexibility index (Phi) is 2.85. The molecule has 3 nitrogen and oxygen atoms in total. The molecule has 4 heteroatoms. The van der Waals surface area contributed by atoms with Crippen LogP contribution in [-0.2, 0) is 9.59 Å². The largest absolute Gasteiger partial charge is 0.274 e. The molecule has 1 aromatic carbocycles. The van der Waals surface area contributed by atoms with E-state index in [2.05, 4.69) is 26.0 Å². The quantitative estimate of drug-likeness (QED) is 0.587. The van der Waals surface area contributed by atoms with Crippen LogP contribution in [0.4, 0.5) is 5.69 Å². The van der Waals surface area contributed by atoms with Crippen LogP contribution in [0.15, 0.2) is 47.6 Å². The van der Waals surface area contributed by atoms with Gasteiger partial charge in [-0.2, -0.15) is 0 Å². The third-order valence-corrected chi connectivity index (χ3v) is 5.33. The van der Waals surface area contributed by atoms with Crippen LogP contribution in [0, 0.1) is 23.7 Å². The van der Waals surface area contributed by atoms with Gasteiger partial charge in [0.05, 0.1) is 17.5 Å². The molecule has 0 aromatic heterocycles. The first-order chi connectivity index (χ1) is 10.5. The summed E-state index contributed by atoms with van der Waals surface area (Å²) in [4.78, 5) is 27.1. The van der Waals surface area contributed by atoms with Crippen molar-refractivity contribution in [2.24, 2.45) is 23.7 Å². The minimum atomic E-state index is -0.233. The van der Waals surface area contributed by atoms with Crippen LogP contribution in [0.3, 0.4) is 0 Å². The Morgan fingerprint density at radius 2 is 1.45 bits per heavy atom. The first-order valence-electron chi connectivity index (χ1n) is 7.49. The fourth-order valence-corrected chi connectivity index (χ4v) is 4.40. The van der Waals surface area contributed by atoms with Gasteiger partial charge in [-0.25, -0.2) is 4.90 Å². The van der Waals surface area contributed by atoms with Gasteiger partial charge in [-0.05, 0) is 38.1 Å². The van der Waals surface area contributed by atoms with Gasteiger partial charge >= 0.3 is 0 Å². The van der Waals surface area contributed by atoms with Crippen molar-refractivity contribution in [2.45, 2.75) is 13.8 Å². The molecular formula is C18H16ClNO2. The van der Waals surface area contributed by atoms with Crippen LogP contribution >= 0.6 is 11.6 Å². The maximum absolute atomic E-state index is 12.9. The monoisotopic (exact) mass is 313 g/mol. The van der Waals surface area contributed by atoms with E-state index in [9.17, 15) is 9.59 Å². The molecule has 1 saturated heterocycles. The first-order valence-corrected chi connectivity index (χ1v) is 7.87. The zero-order valence-corrected chi connectivity index (χ0v) is 13.2. The number of nitrogens with zero attached hydrogens (tertiary/aromatic N) is 1. The normalized spacial score (nSPS) is 32.1. The topological polar surface area (TPSA) is 37.4 Å². The molecule has 1 saturated carbocycles. The highest BCUT2D eigenvalue weighted by Crippen LogP contribution is 2.57. The third-order valence-electron chi connectivity index (χ3n) is 5.08. The number of fused-ring (bicyclic) bond motifs is 5. The van der Waals surface area contributed by atoms with Gasteiger partial charge < -0.3 is 0 Å². The van der Waals surface area contributed by atoms with Crippen molar-refractivity contribution in [1.82, 2.24) is 0 Å². The van der Waals surface area contributed by atoms with E-state index in [1.165, 1.54) is 16.0 Å². The van der Waals surface area contributed by atoms with Crippen LogP contribution in [-0.4, -0.2) is 11.8 Å². The molecule has 0 unspecified atom stereocenters. The summed E-state index contributed by atoms with van der Waals surface area (Å²) in [6, 6.07) is 6.88. The molecule has 112 valence electrons. The van der Waals surface area contributed by atoms with Gasteiger partial charge in [0.25, 0.3) is 0 Å². The van der Waals surface area contributed by atoms with E-state index in [0.717, 1.165) is 0 Å². The summed E-state index contributed by atoms with van der Waals surface area (Å²) in [7, 11) is 0. The molecule has 2 amide bonds. The average molecular weight is 314 g/mol. The molecule has 0 radical (unpaired) electrons. The predicted octanol–water partition coefficient (Wildman–Crippen LogP) is 3.60. The number of imide groups is 1. The maximum atomic E-state index is 12.9. The Morgan fingerprint density at radius 3 is 1.91 bits per heavy atom. The zero-order chi connectivity index (χ0) is 15.6.